The van der Waals surface area contributed by atoms with Gasteiger partial charge in [-0.3, -0.25) is 4.52 Å². The molecule has 0 bridgehead atoms. The van der Waals surface area contributed by atoms with Gasteiger partial charge in [-0.25, -0.2) is 6.07 Å². The molecule has 5 heterocycles. The van der Waals surface area contributed by atoms with E-state index in [4.69, 9.17) is 0 Å². The Labute approximate surface area is 268 Å². The van der Waals surface area contributed by atoms with Gasteiger partial charge >= 0.3 is 20.1 Å². The summed E-state index contributed by atoms with van der Waals surface area (Å²) in [7, 11) is 2.05. The van der Waals surface area contributed by atoms with Crippen LogP contribution >= 0.6 is 0 Å². The van der Waals surface area contributed by atoms with Crippen molar-refractivity contribution in [2.45, 2.75) is 0 Å². The van der Waals surface area contributed by atoms with Crippen molar-refractivity contribution in [1.29, 1.82) is 0 Å². The number of aromatic nitrogens is 3. The molecule has 6 heteroatoms. The Hall–Kier alpha value is -5.03. The second kappa shape index (κ2) is 10.3. The summed E-state index contributed by atoms with van der Waals surface area (Å²) in [6.45, 7) is 2.10. The summed E-state index contributed by atoms with van der Waals surface area (Å²) < 4.78 is 1.94. The number of para-hydroxylation sites is 1. The van der Waals surface area contributed by atoms with Crippen LogP contribution < -0.4 is 4.90 Å². The third kappa shape index (κ3) is 3.96. The number of rotatable bonds is 0. The minimum Gasteiger partial charge on any atom is -0.510 e. The standard InChI is InChI=1S/C22H12N3.C16H12N2.Ir/c1-2-5-15-13-18-16(12-14(15)4-1)7-8-19-21(18)17-6-3-10-23-22(17)20-9-11-24-25(19)20;1-17-10-16-14-8-3-2-6-12(14)13-7-4-5-9-15(13)18(16)11-17;/h1-8,10-13H;2-8,10-11H,1H3;/q-1;-2;+3. The predicted octanol–water partition coefficient (Wildman–Crippen LogP) is 8.48. The third-order valence-electron chi connectivity index (χ3n) is 8.43. The first-order valence-electron chi connectivity index (χ1n) is 14.3. The molecule has 8 aromatic rings. The van der Waals surface area contributed by atoms with Gasteiger partial charge in [-0.2, -0.15) is 36.0 Å². The quantitative estimate of drug-likeness (QED) is 0.0888. The molecule has 0 radical (unpaired) electrons. The first-order chi connectivity index (χ1) is 21.2. The first kappa shape index (κ1) is 26.6. The summed E-state index contributed by atoms with van der Waals surface area (Å²) in [6, 6.07) is 42.8. The molecule has 10 rings (SSSR count). The minimum absolute atomic E-state index is 0. The molecule has 2 aliphatic heterocycles. The number of benzene rings is 5. The molecule has 5 nitrogen and oxygen atoms in total. The molecular formula is C38H24IrN5. The maximum absolute atomic E-state index is 4.61. The second-order valence-electron chi connectivity index (χ2n) is 11.0. The third-order valence-corrected chi connectivity index (χ3v) is 8.43. The average molecular weight is 743 g/mol. The van der Waals surface area contributed by atoms with Crippen molar-refractivity contribution in [1.82, 2.24) is 19.5 Å². The fourth-order valence-electron chi connectivity index (χ4n) is 6.57. The van der Waals surface area contributed by atoms with E-state index in [-0.39, 0.29) is 20.1 Å². The van der Waals surface area contributed by atoms with E-state index in [0.29, 0.717) is 0 Å². The van der Waals surface area contributed by atoms with Crippen molar-refractivity contribution in [2.24, 2.45) is 0 Å². The normalized spacial score (nSPS) is 13.3. The van der Waals surface area contributed by atoms with Gasteiger partial charge in [-0.15, -0.1) is 5.56 Å². The Morgan fingerprint density at radius 2 is 1.52 bits per heavy atom. The van der Waals surface area contributed by atoms with Crippen LogP contribution in [-0.2, 0) is 20.1 Å². The van der Waals surface area contributed by atoms with Crippen LogP contribution in [0.3, 0.4) is 0 Å². The summed E-state index contributed by atoms with van der Waals surface area (Å²) in [5.74, 6) is 0. The number of hydrogen-bond acceptors (Lipinski definition) is 4. The molecule has 0 fully saturated rings. The summed E-state index contributed by atoms with van der Waals surface area (Å²) in [4.78, 5) is 8.90. The Kier molecular flexibility index (Phi) is 6.23. The average Bonchev–Trinajstić information content (AvgIpc) is 3.72. The van der Waals surface area contributed by atoms with Crippen LogP contribution in [0.25, 0.3) is 65.7 Å². The number of pyridine rings is 2. The van der Waals surface area contributed by atoms with Gasteiger partial charge in [0.05, 0.1) is 5.52 Å². The Morgan fingerprint density at radius 1 is 0.727 bits per heavy atom. The summed E-state index contributed by atoms with van der Waals surface area (Å²) in [5.41, 5.74) is 9.11. The molecule has 210 valence electrons. The van der Waals surface area contributed by atoms with Crippen LogP contribution in [0.5, 0.6) is 0 Å². The van der Waals surface area contributed by atoms with Crippen LogP contribution in [0.4, 0.5) is 5.69 Å². The van der Waals surface area contributed by atoms with Gasteiger partial charge < -0.3 is 14.8 Å². The van der Waals surface area contributed by atoms with Crippen LogP contribution in [0.1, 0.15) is 5.56 Å². The molecule has 0 atom stereocenters. The summed E-state index contributed by atoms with van der Waals surface area (Å²) in [6.07, 6.45) is 5.70. The zero-order chi connectivity index (χ0) is 28.5. The Bertz CT molecular complexity index is 2430. The van der Waals surface area contributed by atoms with Crippen molar-refractivity contribution in [3.63, 3.8) is 0 Å². The number of nitrogens with zero attached hydrogens (tertiary/aromatic N) is 5. The molecular weight excluding hydrogens is 719 g/mol. The van der Waals surface area contributed by atoms with Gasteiger partial charge in [0.2, 0.25) is 0 Å². The molecule has 0 saturated carbocycles. The second-order valence-corrected chi connectivity index (χ2v) is 11.0. The van der Waals surface area contributed by atoms with Crippen LogP contribution in [0.2, 0.25) is 0 Å². The minimum atomic E-state index is 0. The molecule has 0 aliphatic carbocycles. The Balaban J connectivity index is 0.000000135. The zero-order valence-corrected chi connectivity index (χ0v) is 26.1. The van der Waals surface area contributed by atoms with Crippen LogP contribution in [0.15, 0.2) is 122 Å². The van der Waals surface area contributed by atoms with E-state index in [1.807, 2.05) is 28.9 Å². The van der Waals surface area contributed by atoms with Crippen molar-refractivity contribution in [3.05, 3.63) is 146 Å². The van der Waals surface area contributed by atoms with E-state index in [1.165, 1.54) is 49.3 Å². The zero-order valence-electron chi connectivity index (χ0n) is 23.7. The SMILES string of the molecule is CN1C=C2c3ccccc3-c3ccc[c-]c3N2[CH-]1.[Ir+3].[c-]1cnn2c1c1ncccc1c1c3cc4ccccc4cc3ccc12. The molecule has 3 aromatic heterocycles. The van der Waals surface area contributed by atoms with E-state index in [0.717, 1.165) is 27.6 Å². The number of fused-ring (bicyclic) bond motifs is 15. The molecule has 0 N–H and O–H groups in total. The molecule has 0 amide bonds. The fourth-order valence-corrected chi connectivity index (χ4v) is 6.57. The largest absolute Gasteiger partial charge is 3.00 e. The molecule has 5 aromatic carbocycles. The predicted molar refractivity (Wildman–Crippen MR) is 175 cm³/mol. The van der Waals surface area contributed by atoms with E-state index in [1.54, 1.807) is 6.20 Å². The maximum Gasteiger partial charge on any atom is 3.00 e. The smallest absolute Gasteiger partial charge is 0.510 e. The summed E-state index contributed by atoms with van der Waals surface area (Å²) >= 11 is 0. The van der Waals surface area contributed by atoms with Gasteiger partial charge in [0, 0.05) is 11.9 Å². The topological polar surface area (TPSA) is 36.7 Å². The van der Waals surface area contributed by atoms with Gasteiger partial charge in [-0.1, -0.05) is 88.3 Å². The van der Waals surface area contributed by atoms with Gasteiger partial charge in [0.1, 0.15) is 0 Å². The van der Waals surface area contributed by atoms with Gasteiger partial charge in [0.15, 0.2) is 0 Å². The van der Waals surface area contributed by atoms with Gasteiger partial charge in [0.25, 0.3) is 0 Å². The van der Waals surface area contributed by atoms with E-state index >= 15 is 0 Å². The van der Waals surface area contributed by atoms with Crippen molar-refractivity contribution >= 4 is 60.3 Å². The van der Waals surface area contributed by atoms with Crippen LogP contribution in [-0.4, -0.2) is 26.5 Å². The van der Waals surface area contributed by atoms with Gasteiger partial charge in [-0.05, 0) is 76.2 Å². The van der Waals surface area contributed by atoms with E-state index in [9.17, 15) is 0 Å². The molecule has 2 aliphatic rings. The fraction of sp³-hybridized carbons (Fsp3) is 0.0263. The summed E-state index contributed by atoms with van der Waals surface area (Å²) in [5, 5.41) is 11.8. The van der Waals surface area contributed by atoms with Crippen molar-refractivity contribution in [2.75, 3.05) is 11.9 Å². The van der Waals surface area contributed by atoms with E-state index < -0.39 is 0 Å². The Morgan fingerprint density at radius 3 is 2.41 bits per heavy atom. The first-order valence-corrected chi connectivity index (χ1v) is 14.3. The molecule has 0 spiro atoms. The molecule has 44 heavy (non-hydrogen) atoms. The maximum atomic E-state index is 4.61. The van der Waals surface area contributed by atoms with Crippen molar-refractivity contribution < 1.29 is 20.1 Å². The molecule has 0 unspecified atom stereocenters. The monoisotopic (exact) mass is 743 g/mol. The van der Waals surface area contributed by atoms with Crippen molar-refractivity contribution in [3.8, 4) is 11.1 Å². The van der Waals surface area contributed by atoms with E-state index in [2.05, 4.69) is 137 Å². The van der Waals surface area contributed by atoms with Crippen LogP contribution in [0, 0.1) is 18.8 Å². The number of anilines is 1. The molecule has 0 saturated heterocycles. The number of hydrogen-bond donors (Lipinski definition) is 0.